The average molecular weight is 414 g/mol. The minimum Gasteiger partial charge on any atom is -0.338 e. The van der Waals surface area contributed by atoms with Crippen molar-refractivity contribution in [2.45, 2.75) is 51.0 Å². The van der Waals surface area contributed by atoms with Crippen LogP contribution in [-0.4, -0.2) is 39.5 Å². The van der Waals surface area contributed by atoms with Crippen LogP contribution in [0.5, 0.6) is 0 Å². The summed E-state index contributed by atoms with van der Waals surface area (Å²) in [6.07, 6.45) is -3.17. The molecule has 0 saturated carbocycles. The SMILES string of the molecule is [2H]C([2H])(C)c1cnc(CCC([2H])([2H])C2(F)CCN(C(=O)c3ccc(F)c(Cl)c3)C([2H])([2H])C2)nc1. The summed E-state index contributed by atoms with van der Waals surface area (Å²) in [5.41, 5.74) is -2.36. The number of likely N-dealkylation sites (tertiary alicyclic amines) is 1. The number of aryl methyl sites for hydroxylation is 2. The molecule has 0 radical (unpaired) electrons. The molecule has 1 saturated heterocycles. The molecule has 1 aliphatic heterocycles. The third-order valence-electron chi connectivity index (χ3n) is 4.48. The molecule has 1 amide bonds. The highest BCUT2D eigenvalue weighted by Crippen LogP contribution is 2.32. The number of hydrogen-bond acceptors (Lipinski definition) is 3. The van der Waals surface area contributed by atoms with E-state index in [1.54, 1.807) is 0 Å². The first-order chi connectivity index (χ1) is 15.6. The minimum atomic E-state index is -2.56. The van der Waals surface area contributed by atoms with E-state index in [9.17, 15) is 9.18 Å². The fraction of sp³-hybridized carbons (Fsp3) is 0.476. The summed E-state index contributed by atoms with van der Waals surface area (Å²) >= 11 is 5.71. The van der Waals surface area contributed by atoms with E-state index in [1.165, 1.54) is 19.3 Å². The topological polar surface area (TPSA) is 46.1 Å². The first kappa shape index (κ1) is 14.0. The number of benzene rings is 1. The molecule has 0 N–H and O–H groups in total. The standard InChI is InChI=1S/C21H24ClF2N3O/c1-2-15-13-25-19(26-14-15)4-3-7-21(24)8-10-27(11-9-21)20(28)16-5-6-18(23)17(22)12-16/h5-6,12-14H,2-4,7-11H2,1H3/i2D2,7D2,10D2. The van der Waals surface area contributed by atoms with Crippen molar-refractivity contribution in [2.75, 3.05) is 13.0 Å². The fourth-order valence-corrected chi connectivity index (χ4v) is 2.98. The number of aromatic nitrogens is 2. The summed E-state index contributed by atoms with van der Waals surface area (Å²) < 4.78 is 77.7. The van der Waals surface area contributed by atoms with Crippen LogP contribution < -0.4 is 0 Å². The van der Waals surface area contributed by atoms with Gasteiger partial charge in [0.05, 0.1) is 5.02 Å². The largest absolute Gasteiger partial charge is 0.338 e. The molecule has 1 atom stereocenters. The van der Waals surface area contributed by atoms with Gasteiger partial charge in [0.15, 0.2) is 0 Å². The van der Waals surface area contributed by atoms with Crippen molar-refractivity contribution < 1.29 is 21.8 Å². The molecule has 3 rings (SSSR count). The highest BCUT2D eigenvalue weighted by molar-refractivity contribution is 6.31. The number of piperidine rings is 1. The van der Waals surface area contributed by atoms with Crippen molar-refractivity contribution >= 4 is 17.5 Å². The maximum Gasteiger partial charge on any atom is 0.253 e. The van der Waals surface area contributed by atoms with E-state index in [-0.39, 0.29) is 41.4 Å². The van der Waals surface area contributed by atoms with E-state index in [4.69, 9.17) is 19.8 Å². The summed E-state index contributed by atoms with van der Waals surface area (Å²) in [6, 6.07) is 3.21. The monoisotopic (exact) mass is 413 g/mol. The zero-order valence-corrected chi connectivity index (χ0v) is 16.1. The molecule has 1 fully saturated rings. The number of amides is 1. The van der Waals surface area contributed by atoms with Crippen molar-refractivity contribution in [3.05, 3.63) is 58.4 Å². The normalized spacial score (nSPS) is 25.6. The van der Waals surface area contributed by atoms with Crippen LogP contribution >= 0.6 is 11.6 Å². The minimum absolute atomic E-state index is 0.0363. The second kappa shape index (κ2) is 8.95. The molecule has 0 bridgehead atoms. The van der Waals surface area contributed by atoms with Crippen molar-refractivity contribution in [3.8, 4) is 0 Å². The lowest BCUT2D eigenvalue weighted by Gasteiger charge is -2.36. The van der Waals surface area contributed by atoms with Gasteiger partial charge in [-0.25, -0.2) is 18.7 Å². The summed E-state index contributed by atoms with van der Waals surface area (Å²) in [7, 11) is 0. The smallest absolute Gasteiger partial charge is 0.253 e. The van der Waals surface area contributed by atoms with Crippen LogP contribution in [0.3, 0.4) is 0 Å². The predicted octanol–water partition coefficient (Wildman–Crippen LogP) is 4.80. The van der Waals surface area contributed by atoms with Crippen LogP contribution in [0.4, 0.5) is 8.78 Å². The maximum absolute atomic E-state index is 15.8. The van der Waals surface area contributed by atoms with Gasteiger partial charge in [0, 0.05) is 45.6 Å². The number of carbonyl (C=O) groups is 1. The van der Waals surface area contributed by atoms with Gasteiger partial charge in [-0.2, -0.15) is 0 Å². The Morgan fingerprint density at radius 2 is 2.14 bits per heavy atom. The van der Waals surface area contributed by atoms with Gasteiger partial charge < -0.3 is 4.90 Å². The van der Waals surface area contributed by atoms with E-state index >= 15 is 4.39 Å². The Labute approximate surface area is 177 Å². The van der Waals surface area contributed by atoms with E-state index < -0.39 is 49.5 Å². The zero-order valence-electron chi connectivity index (χ0n) is 21.3. The van der Waals surface area contributed by atoms with Crippen LogP contribution in [0.1, 0.15) is 62.5 Å². The van der Waals surface area contributed by atoms with Crippen LogP contribution in [-0.2, 0) is 12.8 Å². The predicted molar refractivity (Wildman–Crippen MR) is 105 cm³/mol. The quantitative estimate of drug-likeness (QED) is 0.683. The van der Waals surface area contributed by atoms with Gasteiger partial charge in [0.25, 0.3) is 5.91 Å². The van der Waals surface area contributed by atoms with Crippen molar-refractivity contribution in [1.82, 2.24) is 14.9 Å². The molecule has 7 heteroatoms. The van der Waals surface area contributed by atoms with Crippen LogP contribution in [0.15, 0.2) is 30.6 Å². The molecule has 0 spiro atoms. The molecule has 4 nitrogen and oxygen atoms in total. The van der Waals surface area contributed by atoms with Gasteiger partial charge >= 0.3 is 0 Å². The summed E-state index contributed by atoms with van der Waals surface area (Å²) in [5, 5.41) is -0.301. The number of carbonyl (C=O) groups excluding carboxylic acids is 1. The molecule has 28 heavy (non-hydrogen) atoms. The van der Waals surface area contributed by atoms with E-state index in [0.29, 0.717) is 0 Å². The molecule has 150 valence electrons. The Morgan fingerprint density at radius 1 is 1.39 bits per heavy atom. The first-order valence-electron chi connectivity index (χ1n) is 11.8. The lowest BCUT2D eigenvalue weighted by Crippen LogP contribution is -2.44. The second-order valence-electron chi connectivity index (χ2n) is 6.45. The number of rotatable bonds is 6. The van der Waals surface area contributed by atoms with Gasteiger partial charge in [-0.15, -0.1) is 0 Å². The highest BCUT2D eigenvalue weighted by atomic mass is 35.5. The molecular weight excluding hydrogens is 384 g/mol. The fourth-order valence-electron chi connectivity index (χ4n) is 2.80. The van der Waals surface area contributed by atoms with Crippen molar-refractivity contribution in [3.63, 3.8) is 0 Å². The van der Waals surface area contributed by atoms with Gasteiger partial charge in [-0.1, -0.05) is 18.5 Å². The molecule has 1 aromatic carbocycles. The Kier molecular flexibility index (Phi) is 4.47. The van der Waals surface area contributed by atoms with E-state index in [0.717, 1.165) is 23.1 Å². The molecule has 2 aromatic rings. The lowest BCUT2D eigenvalue weighted by molar-refractivity contribution is 0.0389. The molecule has 2 heterocycles. The summed E-state index contributed by atoms with van der Waals surface area (Å²) in [4.78, 5) is 21.6. The average Bonchev–Trinajstić information content (AvgIpc) is 2.73. The number of halogens is 3. The Hall–Kier alpha value is -2.08. The third kappa shape index (κ3) is 5.04. The first-order valence-corrected chi connectivity index (χ1v) is 9.21. The molecule has 0 aliphatic carbocycles. The van der Waals surface area contributed by atoms with Gasteiger partial charge in [0.2, 0.25) is 0 Å². The highest BCUT2D eigenvalue weighted by Gasteiger charge is 2.35. The lowest BCUT2D eigenvalue weighted by atomic mass is 9.88. The molecule has 1 aliphatic rings. The second-order valence-corrected chi connectivity index (χ2v) is 6.86. The third-order valence-corrected chi connectivity index (χ3v) is 4.77. The Morgan fingerprint density at radius 3 is 2.79 bits per heavy atom. The molecular formula is C21H24ClF2N3O. The number of hydrogen-bond donors (Lipinski definition) is 0. The maximum atomic E-state index is 15.8. The van der Waals surface area contributed by atoms with Crippen LogP contribution in [0.2, 0.25) is 5.02 Å². The summed E-state index contributed by atoms with van der Waals surface area (Å²) in [5.74, 6) is -1.31. The van der Waals surface area contributed by atoms with E-state index in [2.05, 4.69) is 9.97 Å². The summed E-state index contributed by atoms with van der Waals surface area (Å²) in [6.45, 7) is -1.52. The zero-order chi connectivity index (χ0) is 25.5. The Balaban J connectivity index is 1.71. The van der Waals surface area contributed by atoms with Crippen LogP contribution in [0, 0.1) is 5.82 Å². The van der Waals surface area contributed by atoms with Crippen molar-refractivity contribution in [2.24, 2.45) is 0 Å². The Bertz CT molecular complexity index is 1070. The van der Waals surface area contributed by atoms with Crippen molar-refractivity contribution in [1.29, 1.82) is 0 Å². The molecule has 1 aromatic heterocycles. The van der Waals surface area contributed by atoms with Gasteiger partial charge in [-0.3, -0.25) is 4.79 Å². The van der Waals surface area contributed by atoms with Gasteiger partial charge in [0.1, 0.15) is 17.3 Å². The van der Waals surface area contributed by atoms with Gasteiger partial charge in [-0.05, 0) is 55.8 Å². The molecule has 1 unspecified atom stereocenters. The van der Waals surface area contributed by atoms with E-state index in [1.807, 2.05) is 0 Å². The number of nitrogens with zero attached hydrogens (tertiary/aromatic N) is 3. The van der Waals surface area contributed by atoms with Crippen LogP contribution in [0.25, 0.3) is 0 Å². The number of alkyl halides is 1.